The number of carbonyl (C=O) groups excluding carboxylic acids is 1. The van der Waals surface area contributed by atoms with Crippen LogP contribution in [0.5, 0.6) is 0 Å². The molecule has 2 heterocycles. The normalized spacial score (nSPS) is 15.6. The van der Waals surface area contributed by atoms with Crippen molar-refractivity contribution in [3.05, 3.63) is 42.2 Å². The van der Waals surface area contributed by atoms with Gasteiger partial charge in [-0.3, -0.25) is 0 Å². The first kappa shape index (κ1) is 20.1. The summed E-state index contributed by atoms with van der Waals surface area (Å²) in [4.78, 5) is 11.4. The third kappa shape index (κ3) is 4.77. The Balaban J connectivity index is 1.68. The van der Waals surface area contributed by atoms with Crippen LogP contribution in [0.25, 0.3) is 11.3 Å². The maximum absolute atomic E-state index is 12.6. The molecule has 1 amide bonds. The monoisotopic (exact) mass is 407 g/mol. The minimum absolute atomic E-state index is 0.227. The van der Waals surface area contributed by atoms with E-state index in [-0.39, 0.29) is 11.5 Å². The van der Waals surface area contributed by atoms with Crippen LogP contribution in [0.15, 0.2) is 50.8 Å². The van der Waals surface area contributed by atoms with E-state index in [1.54, 1.807) is 43.3 Å². The zero-order chi connectivity index (χ0) is 20.0. The summed E-state index contributed by atoms with van der Waals surface area (Å²) in [5, 5.41) is 3.73. The molecule has 1 saturated heterocycles. The molecule has 0 atom stereocenters. The first-order valence-electron chi connectivity index (χ1n) is 8.74. The molecule has 1 aliphatic heterocycles. The van der Waals surface area contributed by atoms with E-state index in [2.05, 4.69) is 15.3 Å². The molecular formula is C18H21N3O6S. The summed E-state index contributed by atoms with van der Waals surface area (Å²) in [5.74, 6) is 0.977. The van der Waals surface area contributed by atoms with Crippen LogP contribution < -0.4 is 5.43 Å². The summed E-state index contributed by atoms with van der Waals surface area (Å²) >= 11 is 0. The molecule has 1 aliphatic rings. The standard InChI is InChI=1S/C18H21N3O6S/c1-2-26-18(22)20-19-13-15-5-8-17(27-15)14-3-6-16(7-4-14)28(23,24)21-9-11-25-12-10-21/h3-8,13H,2,9-12H2,1H3,(H,20,22)/b19-13-. The quantitative estimate of drug-likeness (QED) is 0.580. The van der Waals surface area contributed by atoms with Gasteiger partial charge in [-0.2, -0.15) is 9.41 Å². The van der Waals surface area contributed by atoms with Crippen molar-refractivity contribution >= 4 is 22.3 Å². The van der Waals surface area contributed by atoms with Crippen molar-refractivity contribution in [3.8, 4) is 11.3 Å². The molecule has 3 rings (SSSR count). The Morgan fingerprint density at radius 1 is 1.21 bits per heavy atom. The highest BCUT2D eigenvalue weighted by molar-refractivity contribution is 7.89. The summed E-state index contributed by atoms with van der Waals surface area (Å²) < 4.78 is 42.2. The Hall–Kier alpha value is -2.69. The van der Waals surface area contributed by atoms with Crippen LogP contribution in [0.4, 0.5) is 4.79 Å². The Morgan fingerprint density at radius 2 is 1.93 bits per heavy atom. The van der Waals surface area contributed by atoms with E-state index in [0.717, 1.165) is 5.56 Å². The molecule has 1 aromatic heterocycles. The van der Waals surface area contributed by atoms with Crippen LogP contribution in [0.1, 0.15) is 12.7 Å². The molecule has 0 bridgehead atoms. The highest BCUT2D eigenvalue weighted by Gasteiger charge is 2.26. The number of nitrogens with one attached hydrogen (secondary N) is 1. The zero-order valence-corrected chi connectivity index (χ0v) is 16.1. The minimum atomic E-state index is -3.53. The lowest BCUT2D eigenvalue weighted by molar-refractivity contribution is 0.0730. The van der Waals surface area contributed by atoms with E-state index < -0.39 is 16.1 Å². The third-order valence-electron chi connectivity index (χ3n) is 4.00. The van der Waals surface area contributed by atoms with Crippen LogP contribution in [-0.4, -0.2) is 57.9 Å². The maximum Gasteiger partial charge on any atom is 0.427 e. The van der Waals surface area contributed by atoms with Crippen LogP contribution in [0, 0.1) is 0 Å². The lowest BCUT2D eigenvalue weighted by Gasteiger charge is -2.26. The summed E-state index contributed by atoms with van der Waals surface area (Å²) in [6.07, 6.45) is 0.695. The topological polar surface area (TPSA) is 110 Å². The maximum atomic E-state index is 12.6. The van der Waals surface area contributed by atoms with E-state index in [4.69, 9.17) is 9.15 Å². The predicted octanol–water partition coefficient (Wildman–Crippen LogP) is 2.05. The van der Waals surface area contributed by atoms with Gasteiger partial charge in [0.1, 0.15) is 11.5 Å². The highest BCUT2D eigenvalue weighted by atomic mass is 32.2. The molecule has 0 unspecified atom stereocenters. The van der Waals surface area contributed by atoms with Gasteiger partial charge in [-0.15, -0.1) is 0 Å². The van der Waals surface area contributed by atoms with Gasteiger partial charge in [0, 0.05) is 18.7 Å². The van der Waals surface area contributed by atoms with Gasteiger partial charge in [0.25, 0.3) is 0 Å². The molecule has 28 heavy (non-hydrogen) atoms. The van der Waals surface area contributed by atoms with Crippen molar-refractivity contribution in [2.75, 3.05) is 32.9 Å². The summed E-state index contributed by atoms with van der Waals surface area (Å²) in [5.41, 5.74) is 2.93. The van der Waals surface area contributed by atoms with Gasteiger partial charge >= 0.3 is 6.09 Å². The number of morpholine rings is 1. The number of ether oxygens (including phenoxy) is 2. The van der Waals surface area contributed by atoms with E-state index in [1.807, 2.05) is 0 Å². The second kappa shape index (κ2) is 9.00. The predicted molar refractivity (Wildman–Crippen MR) is 101 cm³/mol. The van der Waals surface area contributed by atoms with Crippen LogP contribution in [0.3, 0.4) is 0 Å². The number of hydrogen-bond donors (Lipinski definition) is 1. The lowest BCUT2D eigenvalue weighted by atomic mass is 10.2. The smallest absolute Gasteiger partial charge is 0.427 e. The number of furan rings is 1. The van der Waals surface area contributed by atoms with Crippen molar-refractivity contribution < 1.29 is 27.1 Å². The summed E-state index contributed by atoms with van der Waals surface area (Å²) in [6, 6.07) is 9.90. The number of amides is 1. The molecular weight excluding hydrogens is 386 g/mol. The van der Waals surface area contributed by atoms with Gasteiger partial charge in [-0.25, -0.2) is 18.6 Å². The Kier molecular flexibility index (Phi) is 6.45. The first-order chi connectivity index (χ1) is 13.5. The molecule has 1 N–H and O–H groups in total. The number of benzene rings is 1. The molecule has 1 aromatic carbocycles. The fourth-order valence-electron chi connectivity index (χ4n) is 2.62. The molecule has 2 aromatic rings. The van der Waals surface area contributed by atoms with Gasteiger partial charge in [0.05, 0.1) is 30.9 Å². The van der Waals surface area contributed by atoms with Crippen molar-refractivity contribution in [3.63, 3.8) is 0 Å². The number of nitrogens with zero attached hydrogens (tertiary/aromatic N) is 2. The van der Waals surface area contributed by atoms with Gasteiger partial charge in [0.2, 0.25) is 10.0 Å². The second-order valence-corrected chi connectivity index (χ2v) is 7.77. The highest BCUT2D eigenvalue weighted by Crippen LogP contribution is 2.24. The largest absolute Gasteiger partial charge is 0.455 e. The molecule has 10 heteroatoms. The SMILES string of the molecule is CCOC(=O)N/N=C\c1ccc(-c2ccc(S(=O)(=O)N3CCOCC3)cc2)o1. The second-order valence-electron chi connectivity index (χ2n) is 5.83. The van der Waals surface area contributed by atoms with Crippen LogP contribution >= 0.6 is 0 Å². The van der Waals surface area contributed by atoms with Crippen molar-refractivity contribution in [1.29, 1.82) is 0 Å². The van der Waals surface area contributed by atoms with E-state index in [1.165, 1.54) is 10.5 Å². The number of sulfonamides is 1. The van der Waals surface area contributed by atoms with Gasteiger partial charge in [-0.1, -0.05) is 0 Å². The summed E-state index contributed by atoms with van der Waals surface area (Å²) in [7, 11) is -3.53. The average Bonchev–Trinajstić information content (AvgIpc) is 3.18. The van der Waals surface area contributed by atoms with E-state index >= 15 is 0 Å². The Bertz CT molecular complexity index is 930. The Labute approximate surface area is 163 Å². The van der Waals surface area contributed by atoms with Crippen molar-refractivity contribution in [2.45, 2.75) is 11.8 Å². The van der Waals surface area contributed by atoms with Gasteiger partial charge in [-0.05, 0) is 43.3 Å². The van der Waals surface area contributed by atoms with Gasteiger partial charge < -0.3 is 13.9 Å². The molecule has 9 nitrogen and oxygen atoms in total. The van der Waals surface area contributed by atoms with Gasteiger partial charge in [0.15, 0.2) is 0 Å². The average molecular weight is 407 g/mol. The fourth-order valence-corrected chi connectivity index (χ4v) is 4.02. The van der Waals surface area contributed by atoms with Crippen LogP contribution in [0.2, 0.25) is 0 Å². The minimum Gasteiger partial charge on any atom is -0.455 e. The molecule has 1 fully saturated rings. The third-order valence-corrected chi connectivity index (χ3v) is 5.91. The lowest BCUT2D eigenvalue weighted by Crippen LogP contribution is -2.40. The fraction of sp³-hybridized carbons (Fsp3) is 0.333. The first-order valence-corrected chi connectivity index (χ1v) is 10.2. The number of carbonyl (C=O) groups is 1. The zero-order valence-electron chi connectivity index (χ0n) is 15.3. The molecule has 0 aliphatic carbocycles. The van der Waals surface area contributed by atoms with E-state index in [9.17, 15) is 13.2 Å². The molecule has 0 radical (unpaired) electrons. The van der Waals surface area contributed by atoms with Crippen molar-refractivity contribution in [1.82, 2.24) is 9.73 Å². The Morgan fingerprint density at radius 3 is 2.61 bits per heavy atom. The summed E-state index contributed by atoms with van der Waals surface area (Å²) in [6.45, 7) is 3.46. The molecule has 0 saturated carbocycles. The number of rotatable bonds is 6. The number of hydrogen-bond acceptors (Lipinski definition) is 7. The van der Waals surface area contributed by atoms with Crippen LogP contribution in [-0.2, 0) is 19.5 Å². The number of hydrazone groups is 1. The van der Waals surface area contributed by atoms with E-state index in [0.29, 0.717) is 37.8 Å². The van der Waals surface area contributed by atoms with Crippen molar-refractivity contribution in [2.24, 2.45) is 5.10 Å². The molecule has 0 spiro atoms. The molecule has 150 valence electrons.